The van der Waals surface area contributed by atoms with Crippen molar-refractivity contribution in [3.8, 4) is 0 Å². The van der Waals surface area contributed by atoms with E-state index >= 15 is 0 Å². The topological polar surface area (TPSA) is 66.8 Å². The fraction of sp³-hybridized carbons (Fsp3) is 0.903. The van der Waals surface area contributed by atoms with Crippen LogP contribution in [0.4, 0.5) is 0 Å². The Morgan fingerprint density at radius 3 is 2.20 bits per heavy atom. The average molecular weight is 487 g/mol. The fourth-order valence-electron chi connectivity index (χ4n) is 10.9. The molecule has 10 atom stereocenters. The maximum Gasteiger partial charge on any atom is 0.311 e. The number of esters is 1. The van der Waals surface area contributed by atoms with E-state index in [0.717, 1.165) is 38.5 Å². The molecule has 0 saturated heterocycles. The van der Waals surface area contributed by atoms with Gasteiger partial charge in [-0.2, -0.15) is 0 Å². The van der Waals surface area contributed by atoms with Crippen LogP contribution in [0.25, 0.3) is 0 Å². The Morgan fingerprint density at radius 1 is 0.857 bits per heavy atom. The highest BCUT2D eigenvalue weighted by molar-refractivity contribution is 5.76. The van der Waals surface area contributed by atoms with Gasteiger partial charge in [0, 0.05) is 5.41 Å². The lowest BCUT2D eigenvalue weighted by atomic mass is 9.33. The van der Waals surface area contributed by atoms with E-state index in [0.29, 0.717) is 18.3 Å². The third-order valence-corrected chi connectivity index (χ3v) is 13.6. The summed E-state index contributed by atoms with van der Waals surface area (Å²) in [5.74, 6) is 1.17. The first-order valence-corrected chi connectivity index (χ1v) is 14.3. The van der Waals surface area contributed by atoms with Crippen LogP contribution in [-0.2, 0) is 9.53 Å². The smallest absolute Gasteiger partial charge is 0.311 e. The molecule has 5 rings (SSSR count). The van der Waals surface area contributed by atoms with Crippen LogP contribution in [0.15, 0.2) is 11.6 Å². The lowest BCUT2D eigenvalue weighted by Crippen LogP contribution is -2.65. The van der Waals surface area contributed by atoms with Crippen molar-refractivity contribution < 1.29 is 19.7 Å². The summed E-state index contributed by atoms with van der Waals surface area (Å²) >= 11 is 0. The van der Waals surface area contributed by atoms with Crippen LogP contribution in [0, 0.1) is 50.2 Å². The summed E-state index contributed by atoms with van der Waals surface area (Å²) in [6.45, 7) is 16.5. The van der Waals surface area contributed by atoms with Crippen molar-refractivity contribution in [1.82, 2.24) is 0 Å². The quantitative estimate of drug-likeness (QED) is 0.337. The molecule has 0 aromatic carbocycles. The molecule has 4 unspecified atom stereocenters. The Kier molecular flexibility index (Phi) is 5.59. The highest BCUT2D eigenvalue weighted by atomic mass is 16.5. The number of carbonyl (C=O) groups is 1. The monoisotopic (exact) mass is 486 g/mol. The molecular formula is C31H50O4. The van der Waals surface area contributed by atoms with Gasteiger partial charge in [0.2, 0.25) is 0 Å². The lowest BCUT2D eigenvalue weighted by molar-refractivity contribution is -0.209. The lowest BCUT2D eigenvalue weighted by Gasteiger charge is -2.71. The Balaban J connectivity index is 1.58. The molecule has 0 heterocycles. The van der Waals surface area contributed by atoms with Gasteiger partial charge in [-0.25, -0.2) is 0 Å². The minimum atomic E-state index is -0.637. The summed E-state index contributed by atoms with van der Waals surface area (Å²) in [4.78, 5) is 12.9. The van der Waals surface area contributed by atoms with Gasteiger partial charge in [0.05, 0.1) is 24.7 Å². The summed E-state index contributed by atoms with van der Waals surface area (Å²) in [5.41, 5.74) is 1.15. The molecule has 5 aliphatic carbocycles. The van der Waals surface area contributed by atoms with Crippen molar-refractivity contribution in [1.29, 1.82) is 0 Å². The molecule has 0 bridgehead atoms. The minimum absolute atomic E-state index is 0.0415. The van der Waals surface area contributed by atoms with Crippen LogP contribution in [0.2, 0.25) is 0 Å². The largest absolute Gasteiger partial charge is 0.469 e. The zero-order chi connectivity index (χ0) is 25.8. The Bertz CT molecular complexity index is 938. The second-order valence-corrected chi connectivity index (χ2v) is 15.2. The van der Waals surface area contributed by atoms with Gasteiger partial charge < -0.3 is 14.9 Å². The van der Waals surface area contributed by atoms with Crippen LogP contribution < -0.4 is 0 Å². The number of aliphatic hydroxyl groups excluding tert-OH is 2. The number of rotatable bonds is 1. The van der Waals surface area contributed by atoms with E-state index in [1.54, 1.807) is 0 Å². The molecule has 4 heteroatoms. The number of hydrogen-bond acceptors (Lipinski definition) is 4. The average Bonchev–Trinajstić information content (AvgIpc) is 2.78. The molecule has 4 saturated carbocycles. The fourth-order valence-corrected chi connectivity index (χ4v) is 10.9. The van der Waals surface area contributed by atoms with E-state index < -0.39 is 11.5 Å². The van der Waals surface area contributed by atoms with E-state index in [1.807, 2.05) is 6.92 Å². The van der Waals surface area contributed by atoms with Crippen molar-refractivity contribution in [2.75, 3.05) is 7.11 Å². The normalized spacial score (nSPS) is 54.9. The van der Waals surface area contributed by atoms with Gasteiger partial charge in [0.15, 0.2) is 0 Å². The first-order chi connectivity index (χ1) is 16.1. The maximum atomic E-state index is 12.9. The van der Waals surface area contributed by atoms with Crippen LogP contribution in [0.5, 0.6) is 0 Å². The first kappa shape index (κ1) is 25.8. The molecule has 0 radical (unpaired) electrons. The van der Waals surface area contributed by atoms with E-state index in [4.69, 9.17) is 4.74 Å². The second kappa shape index (κ2) is 7.59. The van der Waals surface area contributed by atoms with Crippen molar-refractivity contribution >= 4 is 5.97 Å². The van der Waals surface area contributed by atoms with Gasteiger partial charge in [0.1, 0.15) is 0 Å². The Labute approximate surface area is 213 Å². The van der Waals surface area contributed by atoms with Crippen LogP contribution in [0.3, 0.4) is 0 Å². The zero-order valence-electron chi connectivity index (χ0n) is 23.5. The standard InChI is InChI=1S/C31H50O4/c1-26(2)21-11-14-31(7)22(29(21,5)13-12-23(26)32)10-9-19-20-17-27(3,25(34)35-8)18-24(33)28(20,4)15-16-30(19,31)6/h9,20-24,32-33H,10-18H2,1-8H3/t20-,21?,22?,23-,24?,27-,28+,29-,30?,31+/m0/s1. The molecule has 0 amide bonds. The molecule has 4 nitrogen and oxygen atoms in total. The van der Waals surface area contributed by atoms with E-state index in [1.165, 1.54) is 25.5 Å². The highest BCUT2D eigenvalue weighted by Crippen LogP contribution is 2.75. The van der Waals surface area contributed by atoms with Crippen molar-refractivity contribution in [3.05, 3.63) is 11.6 Å². The summed E-state index contributed by atoms with van der Waals surface area (Å²) in [5, 5.41) is 22.3. The molecule has 0 aliphatic heterocycles. The molecule has 0 aromatic heterocycles. The van der Waals surface area contributed by atoms with Crippen LogP contribution in [0.1, 0.15) is 106 Å². The molecule has 198 valence electrons. The summed E-state index contributed by atoms with van der Waals surface area (Å²) < 4.78 is 5.23. The van der Waals surface area contributed by atoms with Crippen LogP contribution >= 0.6 is 0 Å². The summed E-state index contributed by atoms with van der Waals surface area (Å²) in [6.07, 6.45) is 10.7. The van der Waals surface area contributed by atoms with E-state index in [-0.39, 0.29) is 45.1 Å². The van der Waals surface area contributed by atoms with Gasteiger partial charge >= 0.3 is 5.97 Å². The van der Waals surface area contributed by atoms with E-state index in [2.05, 4.69) is 47.6 Å². The van der Waals surface area contributed by atoms with Gasteiger partial charge in [0.25, 0.3) is 0 Å². The number of carbonyl (C=O) groups excluding carboxylic acids is 1. The van der Waals surface area contributed by atoms with Crippen molar-refractivity contribution in [2.45, 2.75) is 118 Å². The Hall–Kier alpha value is -0.870. The van der Waals surface area contributed by atoms with Gasteiger partial charge in [-0.05, 0) is 104 Å². The van der Waals surface area contributed by atoms with Crippen LogP contribution in [-0.4, -0.2) is 35.5 Å². The minimum Gasteiger partial charge on any atom is -0.469 e. The molecule has 0 aromatic rings. The second-order valence-electron chi connectivity index (χ2n) is 15.2. The van der Waals surface area contributed by atoms with Gasteiger partial charge in [-0.3, -0.25) is 4.79 Å². The molecular weight excluding hydrogens is 436 g/mol. The molecule has 2 N–H and O–H groups in total. The number of methoxy groups -OCH3 is 1. The predicted octanol–water partition coefficient (Wildman–Crippen LogP) is 6.29. The number of fused-ring (bicyclic) bond motifs is 7. The SMILES string of the molecule is COC(=O)[C@]1(C)CC(O)[C@]2(C)CCC3(C)C(=CCC4[C@@]5(C)CC[C@H](O)C(C)(C)C5CC[C@]43C)[C@@H]2C1. The van der Waals surface area contributed by atoms with Gasteiger partial charge in [-0.15, -0.1) is 0 Å². The molecule has 4 fully saturated rings. The number of ether oxygens (including phenoxy) is 1. The third kappa shape index (κ3) is 3.08. The molecule has 5 aliphatic rings. The number of aliphatic hydroxyl groups is 2. The van der Waals surface area contributed by atoms with Gasteiger partial charge in [-0.1, -0.05) is 53.2 Å². The summed E-state index contributed by atoms with van der Waals surface area (Å²) in [7, 11) is 1.48. The predicted molar refractivity (Wildman–Crippen MR) is 138 cm³/mol. The summed E-state index contributed by atoms with van der Waals surface area (Å²) in [6, 6.07) is 0. The highest BCUT2D eigenvalue weighted by Gasteiger charge is 2.69. The Morgan fingerprint density at radius 2 is 1.54 bits per heavy atom. The first-order valence-electron chi connectivity index (χ1n) is 14.3. The zero-order valence-corrected chi connectivity index (χ0v) is 23.5. The molecule has 0 spiro atoms. The van der Waals surface area contributed by atoms with Crippen molar-refractivity contribution in [3.63, 3.8) is 0 Å². The molecule has 35 heavy (non-hydrogen) atoms. The van der Waals surface area contributed by atoms with Crippen molar-refractivity contribution in [2.24, 2.45) is 50.2 Å². The number of allylic oxidation sites excluding steroid dienone is 2. The van der Waals surface area contributed by atoms with E-state index in [9.17, 15) is 15.0 Å². The third-order valence-electron chi connectivity index (χ3n) is 13.6. The number of hydrogen-bond donors (Lipinski definition) is 2. The maximum absolute atomic E-state index is 12.9.